The van der Waals surface area contributed by atoms with Crippen molar-refractivity contribution in [1.29, 1.82) is 0 Å². The summed E-state index contributed by atoms with van der Waals surface area (Å²) in [6, 6.07) is 17.6. The van der Waals surface area contributed by atoms with E-state index in [9.17, 15) is 4.79 Å². The number of nitrogens with zero attached hydrogens (tertiary/aromatic N) is 3. The van der Waals surface area contributed by atoms with E-state index >= 15 is 0 Å². The summed E-state index contributed by atoms with van der Waals surface area (Å²) < 4.78 is 5.26. The number of anilines is 1. The van der Waals surface area contributed by atoms with E-state index in [0.717, 1.165) is 27.7 Å². The van der Waals surface area contributed by atoms with E-state index in [1.54, 1.807) is 0 Å². The lowest BCUT2D eigenvalue weighted by molar-refractivity contribution is -0.116. The Balaban J connectivity index is 1.21. The predicted molar refractivity (Wildman–Crippen MR) is 116 cm³/mol. The third kappa shape index (κ3) is 3.72. The van der Waals surface area contributed by atoms with E-state index in [4.69, 9.17) is 4.52 Å². The van der Waals surface area contributed by atoms with Crippen molar-refractivity contribution in [2.75, 3.05) is 5.32 Å². The van der Waals surface area contributed by atoms with E-state index < -0.39 is 0 Å². The number of para-hydroxylation sites is 1. The van der Waals surface area contributed by atoms with Crippen LogP contribution in [0.25, 0.3) is 33.5 Å². The summed E-state index contributed by atoms with van der Waals surface area (Å²) in [5.74, 6) is 0.811. The number of aromatic amines is 1. The molecule has 148 valence electrons. The number of hydrogen-bond donors (Lipinski definition) is 2. The molecule has 2 aromatic carbocycles. The Kier molecular flexibility index (Phi) is 4.82. The quantitative estimate of drug-likeness (QED) is 0.411. The summed E-state index contributed by atoms with van der Waals surface area (Å²) in [7, 11) is 0. The fourth-order valence-electron chi connectivity index (χ4n) is 3.20. The molecule has 1 amide bonds. The minimum Gasteiger partial charge on any atom is -0.360 e. The maximum Gasteiger partial charge on any atom is 0.227 e. The standard InChI is InChI=1S/C22H17N5O2S/c28-19(10-11-20-26-21(27-29-20)14-6-2-1-3-7-14)25-22-24-18(13-30-22)16-12-23-17-9-5-4-8-15(16)17/h1-9,12-13,23H,10-11H2,(H,24,25,28). The molecule has 0 atom stereocenters. The number of hydrogen-bond acceptors (Lipinski definition) is 6. The zero-order chi connectivity index (χ0) is 20.3. The lowest BCUT2D eigenvalue weighted by Gasteiger charge is -1.99. The number of rotatable bonds is 6. The summed E-state index contributed by atoms with van der Waals surface area (Å²) in [6.07, 6.45) is 2.54. The van der Waals surface area contributed by atoms with Crippen LogP contribution in [0.15, 0.2) is 70.7 Å². The second-order valence-corrected chi connectivity index (χ2v) is 7.57. The highest BCUT2D eigenvalue weighted by Gasteiger charge is 2.13. The molecule has 2 N–H and O–H groups in total. The van der Waals surface area contributed by atoms with Gasteiger partial charge in [-0.05, 0) is 6.07 Å². The smallest absolute Gasteiger partial charge is 0.227 e. The summed E-state index contributed by atoms with van der Waals surface area (Å²) in [4.78, 5) is 24.5. The zero-order valence-corrected chi connectivity index (χ0v) is 16.6. The van der Waals surface area contributed by atoms with Gasteiger partial charge in [-0.2, -0.15) is 4.98 Å². The number of carbonyl (C=O) groups is 1. The second kappa shape index (κ2) is 7.92. The molecular weight excluding hydrogens is 398 g/mol. The first kappa shape index (κ1) is 18.3. The maximum atomic E-state index is 12.3. The lowest BCUT2D eigenvalue weighted by Crippen LogP contribution is -2.12. The van der Waals surface area contributed by atoms with Crippen molar-refractivity contribution in [3.05, 3.63) is 72.1 Å². The van der Waals surface area contributed by atoms with Crippen molar-refractivity contribution < 1.29 is 9.32 Å². The molecule has 5 aromatic rings. The van der Waals surface area contributed by atoms with Crippen LogP contribution in [0.4, 0.5) is 5.13 Å². The molecule has 0 aliphatic rings. The van der Waals surface area contributed by atoms with Gasteiger partial charge in [0.25, 0.3) is 0 Å². The second-order valence-electron chi connectivity index (χ2n) is 6.71. The Morgan fingerprint density at radius 3 is 2.80 bits per heavy atom. The van der Waals surface area contributed by atoms with Gasteiger partial charge >= 0.3 is 0 Å². The highest BCUT2D eigenvalue weighted by Crippen LogP contribution is 2.31. The van der Waals surface area contributed by atoms with Crippen LogP contribution in [-0.4, -0.2) is 26.0 Å². The Morgan fingerprint density at radius 1 is 1.07 bits per heavy atom. The van der Waals surface area contributed by atoms with E-state index in [-0.39, 0.29) is 12.3 Å². The number of carbonyl (C=O) groups excluding carboxylic acids is 1. The molecule has 0 unspecified atom stereocenters. The molecule has 0 saturated heterocycles. The molecule has 0 saturated carbocycles. The van der Waals surface area contributed by atoms with Crippen LogP contribution >= 0.6 is 11.3 Å². The number of thiazole rings is 1. The van der Waals surface area contributed by atoms with Crippen molar-refractivity contribution in [1.82, 2.24) is 20.1 Å². The molecule has 0 spiro atoms. The molecule has 0 aliphatic heterocycles. The monoisotopic (exact) mass is 415 g/mol. The molecule has 0 bridgehead atoms. The maximum absolute atomic E-state index is 12.3. The molecule has 3 aromatic heterocycles. The summed E-state index contributed by atoms with van der Waals surface area (Å²) in [5.41, 5.74) is 3.78. The van der Waals surface area contributed by atoms with Gasteiger partial charge < -0.3 is 14.8 Å². The van der Waals surface area contributed by atoms with E-state index in [1.165, 1.54) is 11.3 Å². The van der Waals surface area contributed by atoms with Gasteiger partial charge in [-0.15, -0.1) is 11.3 Å². The fraction of sp³-hybridized carbons (Fsp3) is 0.0909. The Morgan fingerprint density at radius 2 is 1.90 bits per heavy atom. The number of amides is 1. The fourth-order valence-corrected chi connectivity index (χ4v) is 3.93. The first-order valence-electron chi connectivity index (χ1n) is 9.46. The number of H-pyrrole nitrogens is 1. The van der Waals surface area contributed by atoms with Gasteiger partial charge in [0.1, 0.15) is 0 Å². The molecule has 0 fully saturated rings. The van der Waals surface area contributed by atoms with Gasteiger partial charge in [0.2, 0.25) is 17.6 Å². The van der Waals surface area contributed by atoms with Crippen LogP contribution in [0.5, 0.6) is 0 Å². The largest absolute Gasteiger partial charge is 0.360 e. The third-order valence-corrected chi connectivity index (χ3v) is 5.44. The van der Waals surface area contributed by atoms with Crippen LogP contribution in [-0.2, 0) is 11.2 Å². The Labute approximate surface area is 175 Å². The number of nitrogens with one attached hydrogen (secondary N) is 2. The molecule has 5 rings (SSSR count). The van der Waals surface area contributed by atoms with E-state index in [1.807, 2.05) is 66.2 Å². The van der Waals surface area contributed by atoms with Crippen molar-refractivity contribution in [3.63, 3.8) is 0 Å². The average Bonchev–Trinajstić information content (AvgIpc) is 3.52. The van der Waals surface area contributed by atoms with Gasteiger partial charge in [-0.25, -0.2) is 4.98 Å². The summed E-state index contributed by atoms with van der Waals surface area (Å²) in [5, 5.41) is 10.4. The SMILES string of the molecule is O=C(CCc1nc(-c2ccccc2)no1)Nc1nc(-c2c[nH]c3ccccc23)cs1. The van der Waals surface area contributed by atoms with Crippen molar-refractivity contribution in [2.45, 2.75) is 12.8 Å². The predicted octanol–water partition coefficient (Wildman–Crippen LogP) is 4.91. The van der Waals surface area contributed by atoms with Crippen molar-refractivity contribution >= 4 is 33.3 Å². The molecule has 0 radical (unpaired) electrons. The molecule has 3 heterocycles. The molecule has 7 nitrogen and oxygen atoms in total. The first-order valence-corrected chi connectivity index (χ1v) is 10.3. The number of aryl methyl sites for hydroxylation is 1. The van der Waals surface area contributed by atoms with Gasteiger partial charge in [0.15, 0.2) is 5.13 Å². The minimum absolute atomic E-state index is 0.144. The van der Waals surface area contributed by atoms with Gasteiger partial charge in [0, 0.05) is 46.4 Å². The van der Waals surface area contributed by atoms with E-state index in [0.29, 0.717) is 23.3 Å². The molecule has 8 heteroatoms. The van der Waals surface area contributed by atoms with Crippen LogP contribution in [0.3, 0.4) is 0 Å². The molecule has 30 heavy (non-hydrogen) atoms. The highest BCUT2D eigenvalue weighted by molar-refractivity contribution is 7.14. The van der Waals surface area contributed by atoms with Crippen molar-refractivity contribution in [3.8, 4) is 22.6 Å². The van der Waals surface area contributed by atoms with Gasteiger partial charge in [0.05, 0.1) is 5.69 Å². The lowest BCUT2D eigenvalue weighted by atomic mass is 10.1. The molecule has 0 aliphatic carbocycles. The number of benzene rings is 2. The number of aromatic nitrogens is 4. The van der Waals surface area contributed by atoms with Gasteiger partial charge in [-0.1, -0.05) is 53.7 Å². The van der Waals surface area contributed by atoms with Crippen LogP contribution < -0.4 is 5.32 Å². The zero-order valence-electron chi connectivity index (χ0n) is 15.8. The van der Waals surface area contributed by atoms with Crippen LogP contribution in [0, 0.1) is 0 Å². The summed E-state index contributed by atoms with van der Waals surface area (Å²) in [6.45, 7) is 0. The molecular formula is C22H17N5O2S. The van der Waals surface area contributed by atoms with Crippen molar-refractivity contribution in [2.24, 2.45) is 0 Å². The Bertz CT molecular complexity index is 1310. The summed E-state index contributed by atoms with van der Waals surface area (Å²) >= 11 is 1.40. The first-order chi connectivity index (χ1) is 14.8. The van der Waals surface area contributed by atoms with Crippen LogP contribution in [0.2, 0.25) is 0 Å². The number of fused-ring (bicyclic) bond motifs is 1. The third-order valence-electron chi connectivity index (χ3n) is 4.68. The average molecular weight is 415 g/mol. The Hall–Kier alpha value is -3.78. The normalized spacial score (nSPS) is 11.1. The minimum atomic E-state index is -0.144. The highest BCUT2D eigenvalue weighted by atomic mass is 32.1. The van der Waals surface area contributed by atoms with Crippen LogP contribution in [0.1, 0.15) is 12.3 Å². The topological polar surface area (TPSA) is 96.7 Å². The van der Waals surface area contributed by atoms with E-state index in [2.05, 4.69) is 25.4 Å². The van der Waals surface area contributed by atoms with Gasteiger partial charge in [-0.3, -0.25) is 4.79 Å².